The number of rotatable bonds is 4. The Kier molecular flexibility index (Phi) is 5.00. The summed E-state index contributed by atoms with van der Waals surface area (Å²) in [5.74, 6) is 0. The second-order valence-corrected chi connectivity index (χ2v) is 4.91. The van der Waals surface area contributed by atoms with Gasteiger partial charge in [-0.2, -0.15) is 0 Å². The minimum atomic E-state index is -1.56. The van der Waals surface area contributed by atoms with Gasteiger partial charge in [0.05, 0.1) is 0 Å². The number of piperazine rings is 1. The lowest BCUT2D eigenvalue weighted by Gasteiger charge is -2.28. The van der Waals surface area contributed by atoms with Gasteiger partial charge in [0.25, 0.3) is 0 Å². The quantitative estimate of drug-likeness (QED) is 0.312. The van der Waals surface area contributed by atoms with Crippen molar-refractivity contribution in [2.45, 2.75) is 13.5 Å². The smallest absolute Gasteiger partial charge is 0.423 e. The first-order valence-electron chi connectivity index (χ1n) is 6.59. The zero-order chi connectivity index (χ0) is 14.5. The van der Waals surface area contributed by atoms with Crippen molar-refractivity contribution in [2.24, 2.45) is 5.11 Å². The van der Waals surface area contributed by atoms with Gasteiger partial charge < -0.3 is 15.4 Å². The summed E-state index contributed by atoms with van der Waals surface area (Å²) in [4.78, 5) is 5.05. The van der Waals surface area contributed by atoms with E-state index in [0.29, 0.717) is 17.7 Å². The molecule has 106 valence electrons. The molecule has 0 saturated carbocycles. The van der Waals surface area contributed by atoms with Gasteiger partial charge in [0.15, 0.2) is 0 Å². The maximum atomic E-state index is 9.42. The van der Waals surface area contributed by atoms with Crippen LogP contribution in [0, 0.1) is 6.92 Å². The summed E-state index contributed by atoms with van der Waals surface area (Å²) in [6.45, 7) is 6.35. The molecule has 0 bridgehead atoms. The number of hydrogen-bond acceptors (Lipinski definition) is 5. The topological polar surface area (TPSA) is 104 Å². The van der Waals surface area contributed by atoms with Crippen LogP contribution < -0.4 is 10.8 Å². The van der Waals surface area contributed by atoms with Gasteiger partial charge >= 0.3 is 7.12 Å². The Bertz CT molecular complexity index is 525. The molecule has 1 aliphatic rings. The molecule has 0 aliphatic carbocycles. The fourth-order valence-corrected chi connectivity index (χ4v) is 2.43. The van der Waals surface area contributed by atoms with Crippen LogP contribution in [-0.4, -0.2) is 48.2 Å². The fraction of sp³-hybridized carbons (Fsp3) is 0.500. The van der Waals surface area contributed by atoms with E-state index in [9.17, 15) is 10.0 Å². The molecule has 1 heterocycles. The highest BCUT2D eigenvalue weighted by Crippen LogP contribution is 2.19. The van der Waals surface area contributed by atoms with Crippen molar-refractivity contribution < 1.29 is 10.0 Å². The Morgan fingerprint density at radius 3 is 2.70 bits per heavy atom. The van der Waals surface area contributed by atoms with E-state index in [0.717, 1.165) is 37.3 Å². The second kappa shape index (κ2) is 6.74. The molecule has 1 fully saturated rings. The van der Waals surface area contributed by atoms with Gasteiger partial charge in [0.1, 0.15) is 0 Å². The van der Waals surface area contributed by atoms with Crippen molar-refractivity contribution in [3.8, 4) is 0 Å². The summed E-state index contributed by atoms with van der Waals surface area (Å²) < 4.78 is 0. The lowest BCUT2D eigenvalue weighted by atomic mass is 9.75. The van der Waals surface area contributed by atoms with Gasteiger partial charge in [0.2, 0.25) is 0 Å². The summed E-state index contributed by atoms with van der Waals surface area (Å²) in [6.07, 6.45) is 0. The number of azide groups is 1. The maximum Gasteiger partial charge on any atom is 0.488 e. The van der Waals surface area contributed by atoms with Crippen LogP contribution in [0.1, 0.15) is 11.1 Å². The fourth-order valence-electron chi connectivity index (χ4n) is 2.43. The number of hydrogen-bond donors (Lipinski definition) is 3. The average Bonchev–Trinajstić information content (AvgIpc) is 2.43. The summed E-state index contributed by atoms with van der Waals surface area (Å²) in [6, 6.07) is 3.32. The molecule has 0 unspecified atom stereocenters. The normalized spacial score (nSPS) is 15.8. The van der Waals surface area contributed by atoms with Crippen molar-refractivity contribution >= 4 is 18.3 Å². The molecule has 0 spiro atoms. The van der Waals surface area contributed by atoms with Gasteiger partial charge in [-0.1, -0.05) is 11.2 Å². The Hall–Kier alpha value is -1.57. The first kappa shape index (κ1) is 14.8. The predicted molar refractivity (Wildman–Crippen MR) is 78.0 cm³/mol. The average molecular weight is 275 g/mol. The van der Waals surface area contributed by atoms with Gasteiger partial charge in [-0.05, 0) is 35.1 Å². The molecule has 0 radical (unpaired) electrons. The molecule has 0 aromatic heterocycles. The van der Waals surface area contributed by atoms with E-state index in [1.807, 2.05) is 13.0 Å². The molecular weight excluding hydrogens is 257 g/mol. The molecule has 8 heteroatoms. The largest absolute Gasteiger partial charge is 0.488 e. The molecule has 1 aromatic rings. The van der Waals surface area contributed by atoms with E-state index in [4.69, 9.17) is 5.53 Å². The van der Waals surface area contributed by atoms with Gasteiger partial charge in [-0.3, -0.25) is 4.90 Å². The third-order valence-electron chi connectivity index (χ3n) is 3.58. The Morgan fingerprint density at radius 2 is 2.10 bits per heavy atom. The van der Waals surface area contributed by atoms with E-state index in [1.54, 1.807) is 0 Å². The molecular formula is C12H18BN5O2. The van der Waals surface area contributed by atoms with Crippen molar-refractivity contribution in [1.29, 1.82) is 0 Å². The Balaban J connectivity index is 2.31. The molecule has 0 amide bonds. The van der Waals surface area contributed by atoms with E-state index in [2.05, 4.69) is 20.2 Å². The summed E-state index contributed by atoms with van der Waals surface area (Å²) in [5, 5.41) is 25.7. The summed E-state index contributed by atoms with van der Waals surface area (Å²) >= 11 is 0. The zero-order valence-electron chi connectivity index (χ0n) is 11.5. The van der Waals surface area contributed by atoms with Crippen molar-refractivity contribution in [1.82, 2.24) is 10.2 Å². The maximum absolute atomic E-state index is 9.42. The van der Waals surface area contributed by atoms with Gasteiger partial charge in [0, 0.05) is 43.3 Å². The molecule has 1 aromatic carbocycles. The van der Waals surface area contributed by atoms with E-state index in [1.165, 1.54) is 6.07 Å². The van der Waals surface area contributed by atoms with Crippen LogP contribution in [0.5, 0.6) is 0 Å². The highest BCUT2D eigenvalue weighted by atomic mass is 16.4. The van der Waals surface area contributed by atoms with E-state index >= 15 is 0 Å². The SMILES string of the molecule is Cc1c(CN2CCNCC2)cc(N=[N+]=[N-])cc1B(O)O. The van der Waals surface area contributed by atoms with Crippen LogP contribution in [0.25, 0.3) is 10.4 Å². The summed E-state index contributed by atoms with van der Waals surface area (Å²) in [5.41, 5.74) is 11.1. The molecule has 7 nitrogen and oxygen atoms in total. The highest BCUT2D eigenvalue weighted by molar-refractivity contribution is 6.59. The van der Waals surface area contributed by atoms with E-state index < -0.39 is 7.12 Å². The first-order valence-corrected chi connectivity index (χ1v) is 6.59. The Labute approximate surface area is 118 Å². The molecule has 1 aliphatic heterocycles. The van der Waals surface area contributed by atoms with Crippen molar-refractivity contribution in [3.63, 3.8) is 0 Å². The zero-order valence-corrected chi connectivity index (χ0v) is 11.5. The molecule has 3 N–H and O–H groups in total. The minimum Gasteiger partial charge on any atom is -0.423 e. The standard InChI is InChI=1S/C12H18BN5O2/c1-9-10(8-18-4-2-15-3-5-18)6-11(16-17-14)7-12(9)13(19)20/h6-7,15,19-20H,2-5,8H2,1H3. The van der Waals surface area contributed by atoms with Crippen LogP contribution in [0.4, 0.5) is 5.69 Å². The predicted octanol–water partition coefficient (Wildman–Crippen LogP) is 0.0218. The lowest BCUT2D eigenvalue weighted by Crippen LogP contribution is -2.43. The van der Waals surface area contributed by atoms with Crippen LogP contribution in [0.15, 0.2) is 17.2 Å². The third kappa shape index (κ3) is 3.50. The number of nitrogens with one attached hydrogen (secondary N) is 1. The summed E-state index contributed by atoms with van der Waals surface area (Å²) in [7, 11) is -1.56. The van der Waals surface area contributed by atoms with Gasteiger partial charge in [-0.25, -0.2) is 0 Å². The second-order valence-electron chi connectivity index (χ2n) is 4.91. The lowest BCUT2D eigenvalue weighted by molar-refractivity contribution is 0.233. The molecule has 20 heavy (non-hydrogen) atoms. The molecule has 2 rings (SSSR count). The highest BCUT2D eigenvalue weighted by Gasteiger charge is 2.19. The van der Waals surface area contributed by atoms with Gasteiger partial charge in [-0.15, -0.1) is 0 Å². The molecule has 0 atom stereocenters. The van der Waals surface area contributed by atoms with Crippen molar-refractivity contribution in [3.05, 3.63) is 33.7 Å². The minimum absolute atomic E-state index is 0.389. The van der Waals surface area contributed by atoms with Crippen molar-refractivity contribution in [2.75, 3.05) is 26.2 Å². The van der Waals surface area contributed by atoms with Crippen LogP contribution in [0.2, 0.25) is 0 Å². The number of benzene rings is 1. The van der Waals surface area contributed by atoms with Crippen LogP contribution in [0.3, 0.4) is 0 Å². The monoisotopic (exact) mass is 275 g/mol. The van der Waals surface area contributed by atoms with E-state index in [-0.39, 0.29) is 0 Å². The molecule has 1 saturated heterocycles. The third-order valence-corrected chi connectivity index (χ3v) is 3.58. The van der Waals surface area contributed by atoms with Crippen LogP contribution >= 0.6 is 0 Å². The number of nitrogens with zero attached hydrogens (tertiary/aromatic N) is 4. The van der Waals surface area contributed by atoms with Crippen LogP contribution in [-0.2, 0) is 6.54 Å². The first-order chi connectivity index (χ1) is 9.61. The Morgan fingerprint density at radius 1 is 1.40 bits per heavy atom.